The first-order valence-electron chi connectivity index (χ1n) is 8.91. The van der Waals surface area contributed by atoms with Crippen LogP contribution in [-0.4, -0.2) is 35.4 Å². The predicted molar refractivity (Wildman–Crippen MR) is 113 cm³/mol. The summed E-state index contributed by atoms with van der Waals surface area (Å²) in [6.07, 6.45) is 3.50. The molecule has 0 saturated carbocycles. The molecule has 0 aromatic carbocycles. The Morgan fingerprint density at radius 1 is 1.27 bits per heavy atom. The van der Waals surface area contributed by atoms with E-state index >= 15 is 0 Å². The lowest BCUT2D eigenvalue weighted by atomic mass is 9.93. The van der Waals surface area contributed by atoms with Crippen molar-refractivity contribution in [3.63, 3.8) is 0 Å². The number of nitrogens with zero attached hydrogens (tertiary/aromatic N) is 4. The van der Waals surface area contributed by atoms with Gasteiger partial charge in [-0.05, 0) is 50.6 Å². The molecule has 0 saturated heterocycles. The van der Waals surface area contributed by atoms with Gasteiger partial charge in [0.05, 0.1) is 17.0 Å². The van der Waals surface area contributed by atoms with Crippen LogP contribution in [0.5, 0.6) is 0 Å². The highest BCUT2D eigenvalue weighted by Crippen LogP contribution is 2.59. The molecule has 30 heavy (non-hydrogen) atoms. The van der Waals surface area contributed by atoms with E-state index in [1.807, 2.05) is 6.07 Å². The molecule has 0 unspecified atom stereocenters. The van der Waals surface area contributed by atoms with Gasteiger partial charge in [0.1, 0.15) is 28.0 Å². The fraction of sp³-hybridized carbons (Fsp3) is 0.300. The van der Waals surface area contributed by atoms with Crippen molar-refractivity contribution < 1.29 is 17.9 Å². The zero-order chi connectivity index (χ0) is 22.3. The third kappa shape index (κ3) is 3.79. The Morgan fingerprint density at radius 2 is 1.97 bits per heavy atom. The molecular formula is C20H21F2N5O2S. The van der Waals surface area contributed by atoms with E-state index in [1.54, 1.807) is 13.8 Å². The van der Waals surface area contributed by atoms with E-state index in [1.165, 1.54) is 31.3 Å². The van der Waals surface area contributed by atoms with Gasteiger partial charge in [0.15, 0.2) is 0 Å². The number of aliphatic imine (C=N–C) groups is 1. The molecule has 158 valence electrons. The lowest BCUT2D eigenvalue weighted by Gasteiger charge is -2.53. The van der Waals surface area contributed by atoms with Gasteiger partial charge in [-0.2, -0.15) is 20.2 Å². The zero-order valence-electron chi connectivity index (χ0n) is 16.6. The molecule has 2 aromatic heterocycles. The van der Waals surface area contributed by atoms with Crippen molar-refractivity contribution >= 4 is 28.3 Å². The summed E-state index contributed by atoms with van der Waals surface area (Å²) in [6.45, 7) is 4.65. The van der Waals surface area contributed by atoms with Crippen LogP contribution in [0, 0.1) is 17.3 Å². The summed E-state index contributed by atoms with van der Waals surface area (Å²) in [5.74, 6) is -1.83. The van der Waals surface area contributed by atoms with Crippen molar-refractivity contribution in [3.8, 4) is 6.07 Å². The maximum atomic E-state index is 14.6. The Hall–Kier alpha value is -2.87. The van der Waals surface area contributed by atoms with E-state index in [0.717, 1.165) is 12.3 Å². The number of hydrogen-bond donors (Lipinski definition) is 3. The Bertz CT molecular complexity index is 1090. The first kappa shape index (κ1) is 21.8. The van der Waals surface area contributed by atoms with Crippen molar-refractivity contribution in [2.24, 2.45) is 10.7 Å². The van der Waals surface area contributed by atoms with Crippen LogP contribution in [0.1, 0.15) is 43.2 Å². The van der Waals surface area contributed by atoms with Gasteiger partial charge in [-0.3, -0.25) is 19.1 Å². The molecule has 2 aromatic rings. The first-order valence-corrected chi connectivity index (χ1v) is 10.6. The number of halogens is 2. The van der Waals surface area contributed by atoms with Crippen molar-refractivity contribution in [1.29, 1.82) is 5.26 Å². The maximum absolute atomic E-state index is 14.6. The van der Waals surface area contributed by atoms with Gasteiger partial charge in [-0.15, -0.1) is 0 Å². The topological polar surface area (TPSA) is 128 Å². The predicted octanol–water partition coefficient (Wildman–Crippen LogP) is 4.07. The molecule has 0 amide bonds. The molecule has 1 aliphatic rings. The summed E-state index contributed by atoms with van der Waals surface area (Å²) in [4.78, 5) is 11.9. The van der Waals surface area contributed by atoms with Crippen LogP contribution >= 0.6 is 10.6 Å². The number of nitrogens with two attached hydrogens (primary N) is 1. The number of hydrogen-bond acceptors (Lipinski definition) is 7. The molecule has 3 rings (SSSR count). The molecule has 1 aliphatic heterocycles. The second kappa shape index (κ2) is 7.43. The van der Waals surface area contributed by atoms with Crippen LogP contribution in [0.2, 0.25) is 0 Å². The van der Waals surface area contributed by atoms with Gasteiger partial charge in [0, 0.05) is 18.0 Å². The largest absolute Gasteiger partial charge is 0.386 e. The average molecular weight is 433 g/mol. The van der Waals surface area contributed by atoms with Crippen LogP contribution in [-0.2, 0) is 5.54 Å². The van der Waals surface area contributed by atoms with Crippen LogP contribution in [0.25, 0.3) is 11.9 Å². The second-order valence-electron chi connectivity index (χ2n) is 7.74. The smallest absolute Gasteiger partial charge is 0.218 e. The molecule has 7 nitrogen and oxygen atoms in total. The molecule has 1 atom stereocenters. The minimum atomic E-state index is -3.24. The fourth-order valence-electron chi connectivity index (χ4n) is 3.05. The summed E-state index contributed by atoms with van der Waals surface area (Å²) < 4.78 is 49.2. The monoisotopic (exact) mass is 433 g/mol. The fourth-order valence-corrected chi connectivity index (χ4v) is 4.80. The molecule has 0 bridgehead atoms. The van der Waals surface area contributed by atoms with Gasteiger partial charge in [-0.25, -0.2) is 9.37 Å². The van der Waals surface area contributed by atoms with Gasteiger partial charge < -0.3 is 5.73 Å². The molecule has 0 fully saturated rings. The summed E-state index contributed by atoms with van der Waals surface area (Å²) in [5, 5.41) is 8.80. The van der Waals surface area contributed by atoms with Crippen molar-refractivity contribution in [3.05, 3.63) is 58.9 Å². The van der Waals surface area contributed by atoms with Crippen molar-refractivity contribution in [2.45, 2.75) is 31.1 Å². The number of aromatic nitrogens is 2. The van der Waals surface area contributed by atoms with E-state index in [0.29, 0.717) is 5.56 Å². The molecule has 10 heteroatoms. The highest BCUT2D eigenvalue weighted by molar-refractivity contribution is 8.26. The minimum Gasteiger partial charge on any atom is -0.386 e. The van der Waals surface area contributed by atoms with E-state index in [2.05, 4.69) is 15.0 Å². The Morgan fingerprint density at radius 3 is 2.53 bits per heavy atom. The number of pyridine rings is 2. The summed E-state index contributed by atoms with van der Waals surface area (Å²) in [5.41, 5.74) is 5.08. The summed E-state index contributed by atoms with van der Waals surface area (Å²) in [7, 11) is -3.24. The molecule has 4 N–H and O–H groups in total. The number of nitriles is 1. The van der Waals surface area contributed by atoms with Gasteiger partial charge in [0.2, 0.25) is 5.95 Å². The Kier molecular flexibility index (Phi) is 5.41. The normalized spacial score (nSPS) is 23.9. The van der Waals surface area contributed by atoms with Crippen LogP contribution in [0.4, 0.5) is 8.78 Å². The SMILES string of the molecule is CC1(C)C(N)=N[C@](C)(c2cc(/C=C(\F)c3ccc(C#N)cn3)cnc2F)CS1(O)O. The molecule has 0 spiro atoms. The molecule has 0 radical (unpaired) electrons. The number of amidine groups is 1. The quantitative estimate of drug-likeness (QED) is 0.626. The van der Waals surface area contributed by atoms with Crippen molar-refractivity contribution in [2.75, 3.05) is 5.75 Å². The van der Waals surface area contributed by atoms with E-state index in [4.69, 9.17) is 11.0 Å². The van der Waals surface area contributed by atoms with Gasteiger partial charge >= 0.3 is 0 Å². The molecule has 3 heterocycles. The van der Waals surface area contributed by atoms with E-state index in [-0.39, 0.29) is 28.4 Å². The highest BCUT2D eigenvalue weighted by Gasteiger charge is 2.49. The summed E-state index contributed by atoms with van der Waals surface area (Å²) >= 11 is 0. The maximum Gasteiger partial charge on any atom is 0.218 e. The zero-order valence-corrected chi connectivity index (χ0v) is 17.4. The lowest BCUT2D eigenvalue weighted by Crippen LogP contribution is -2.52. The minimum absolute atomic E-state index is 0.00180. The third-order valence-electron chi connectivity index (χ3n) is 5.15. The summed E-state index contributed by atoms with van der Waals surface area (Å²) in [6, 6.07) is 6.02. The average Bonchev–Trinajstić information content (AvgIpc) is 2.67. The Labute approximate surface area is 174 Å². The third-order valence-corrected chi connectivity index (χ3v) is 7.96. The second-order valence-corrected chi connectivity index (χ2v) is 10.4. The molecule has 0 aliphatic carbocycles. The van der Waals surface area contributed by atoms with Crippen molar-refractivity contribution in [1.82, 2.24) is 9.97 Å². The van der Waals surface area contributed by atoms with Crippen LogP contribution in [0.15, 0.2) is 35.6 Å². The van der Waals surface area contributed by atoms with E-state index < -0.39 is 32.7 Å². The number of rotatable bonds is 3. The lowest BCUT2D eigenvalue weighted by molar-refractivity contribution is 0.413. The highest BCUT2D eigenvalue weighted by atomic mass is 32.3. The van der Waals surface area contributed by atoms with Crippen LogP contribution in [0.3, 0.4) is 0 Å². The first-order chi connectivity index (χ1) is 13.9. The van der Waals surface area contributed by atoms with Crippen LogP contribution < -0.4 is 5.73 Å². The molecular weight excluding hydrogens is 412 g/mol. The Balaban J connectivity index is 2.03. The van der Waals surface area contributed by atoms with Gasteiger partial charge in [0.25, 0.3) is 0 Å². The van der Waals surface area contributed by atoms with Gasteiger partial charge in [-0.1, -0.05) is 0 Å². The van der Waals surface area contributed by atoms with E-state index in [9.17, 15) is 17.9 Å². The standard InChI is InChI=1S/C20H21F2N5O2S/c1-19(2)18(24)27-20(3,11-30(19,28)29)14-6-13(10-26-17(14)22)7-15(21)16-5-4-12(8-23)9-25-16/h4-7,9-10,28-29H,11H2,1-3H3,(H2,24,27)/b15-7-/t20-/m0/s1.